The van der Waals surface area contributed by atoms with Crippen LogP contribution in [-0.2, 0) is 19.9 Å². The number of halogens is 1. The predicted molar refractivity (Wildman–Crippen MR) is 90.4 cm³/mol. The van der Waals surface area contributed by atoms with Gasteiger partial charge in [-0.2, -0.15) is 0 Å². The van der Waals surface area contributed by atoms with Crippen LogP contribution in [-0.4, -0.2) is 28.9 Å². The summed E-state index contributed by atoms with van der Waals surface area (Å²) in [6, 6.07) is 7.34. The standard InChI is InChI=1S/C18H20ClNO4/c19-13-7-2-1-6-12(13)18-11-5-8-14(17(18)23)24-15(20-18)9-3-4-10-16(21)22/h1-2,6-7,14H,3-5,8-11H2,(H,21,22)/t14-,18-/m0/s1. The Labute approximate surface area is 145 Å². The van der Waals surface area contributed by atoms with E-state index < -0.39 is 17.6 Å². The second-order valence-electron chi connectivity index (χ2n) is 6.31. The van der Waals surface area contributed by atoms with Gasteiger partial charge in [0, 0.05) is 23.4 Å². The third-order valence-electron chi connectivity index (χ3n) is 4.65. The number of carbonyl (C=O) groups is 2. The van der Waals surface area contributed by atoms with E-state index in [1.807, 2.05) is 18.2 Å². The Kier molecular flexibility index (Phi) is 4.90. The van der Waals surface area contributed by atoms with Crippen molar-refractivity contribution in [1.82, 2.24) is 0 Å². The van der Waals surface area contributed by atoms with Crippen LogP contribution in [0.1, 0.15) is 50.5 Å². The number of carbonyl (C=O) groups excluding carboxylic acids is 1. The molecule has 2 atom stereocenters. The van der Waals surface area contributed by atoms with Crippen molar-refractivity contribution >= 4 is 29.3 Å². The second-order valence-corrected chi connectivity index (χ2v) is 6.72. The van der Waals surface area contributed by atoms with Crippen molar-refractivity contribution < 1.29 is 19.4 Å². The highest BCUT2D eigenvalue weighted by molar-refractivity contribution is 6.32. The van der Waals surface area contributed by atoms with Crippen molar-refractivity contribution in [2.45, 2.75) is 56.6 Å². The van der Waals surface area contributed by atoms with Gasteiger partial charge < -0.3 is 9.84 Å². The maximum absolute atomic E-state index is 12.9. The molecule has 2 aliphatic rings. The van der Waals surface area contributed by atoms with Gasteiger partial charge in [-0.1, -0.05) is 29.8 Å². The molecule has 2 bridgehead atoms. The number of rotatable bonds is 6. The van der Waals surface area contributed by atoms with Crippen molar-refractivity contribution in [3.05, 3.63) is 34.9 Å². The van der Waals surface area contributed by atoms with E-state index in [1.54, 1.807) is 6.07 Å². The quantitative estimate of drug-likeness (QED) is 0.794. The number of fused-ring (bicyclic) bond motifs is 2. The van der Waals surface area contributed by atoms with Crippen molar-refractivity contribution in [2.75, 3.05) is 0 Å². The molecule has 1 heterocycles. The predicted octanol–water partition coefficient (Wildman–Crippen LogP) is 3.73. The van der Waals surface area contributed by atoms with Gasteiger partial charge >= 0.3 is 5.97 Å². The summed E-state index contributed by atoms with van der Waals surface area (Å²) in [6.45, 7) is 0. The largest absolute Gasteiger partial charge is 0.481 e. The number of ketones is 1. The molecule has 0 amide bonds. The maximum atomic E-state index is 12.9. The highest BCUT2D eigenvalue weighted by Crippen LogP contribution is 2.44. The molecule has 24 heavy (non-hydrogen) atoms. The van der Waals surface area contributed by atoms with Gasteiger partial charge in [0.1, 0.15) is 0 Å². The molecule has 0 spiro atoms. The number of carboxylic acids is 1. The van der Waals surface area contributed by atoms with Crippen LogP contribution in [0.5, 0.6) is 0 Å². The molecule has 5 nitrogen and oxygen atoms in total. The van der Waals surface area contributed by atoms with Crippen LogP contribution in [0.3, 0.4) is 0 Å². The van der Waals surface area contributed by atoms with Gasteiger partial charge in [-0.3, -0.25) is 9.59 Å². The molecular weight excluding hydrogens is 330 g/mol. The lowest BCUT2D eigenvalue weighted by Crippen LogP contribution is -2.51. The van der Waals surface area contributed by atoms with E-state index in [9.17, 15) is 9.59 Å². The second kappa shape index (κ2) is 6.93. The SMILES string of the molecule is O=C(O)CCCCC1=N[C@]2(c3ccccc3Cl)CCC[C@H](O1)C2=O. The number of hydrogen-bond donors (Lipinski definition) is 1. The molecule has 1 aliphatic carbocycles. The lowest BCUT2D eigenvalue weighted by Gasteiger charge is -2.41. The zero-order valence-corrected chi connectivity index (χ0v) is 14.1. The third-order valence-corrected chi connectivity index (χ3v) is 4.98. The van der Waals surface area contributed by atoms with Crippen LogP contribution in [0.2, 0.25) is 5.02 Å². The number of benzene rings is 1. The molecule has 0 saturated heterocycles. The van der Waals surface area contributed by atoms with Crippen molar-refractivity contribution in [3.63, 3.8) is 0 Å². The highest BCUT2D eigenvalue weighted by atomic mass is 35.5. The van der Waals surface area contributed by atoms with E-state index in [0.717, 1.165) is 12.0 Å². The van der Waals surface area contributed by atoms with E-state index in [2.05, 4.69) is 4.99 Å². The number of carboxylic acid groups (broad SMARTS) is 1. The monoisotopic (exact) mass is 349 g/mol. The fraction of sp³-hybridized carbons (Fsp3) is 0.500. The normalized spacial score (nSPS) is 25.8. The Morgan fingerprint density at radius 3 is 2.92 bits per heavy atom. The first kappa shape index (κ1) is 17.0. The highest BCUT2D eigenvalue weighted by Gasteiger charge is 2.51. The number of aliphatic imine (C=N–C) groups is 1. The van der Waals surface area contributed by atoms with E-state index in [-0.39, 0.29) is 12.2 Å². The first-order valence-electron chi connectivity index (χ1n) is 8.29. The lowest BCUT2D eigenvalue weighted by molar-refractivity contribution is -0.137. The summed E-state index contributed by atoms with van der Waals surface area (Å²) in [5.41, 5.74) is -0.200. The van der Waals surface area contributed by atoms with Gasteiger partial charge in [0.05, 0.1) is 0 Å². The van der Waals surface area contributed by atoms with Gasteiger partial charge in [-0.15, -0.1) is 0 Å². The van der Waals surface area contributed by atoms with E-state index in [1.165, 1.54) is 0 Å². The molecule has 0 aromatic heterocycles. The van der Waals surface area contributed by atoms with E-state index in [4.69, 9.17) is 21.4 Å². The molecule has 1 aliphatic heterocycles. The number of Topliss-reactive ketones (excluding diaryl/α,β-unsaturated/α-hetero) is 1. The summed E-state index contributed by atoms with van der Waals surface area (Å²) >= 11 is 6.34. The van der Waals surface area contributed by atoms with Crippen molar-refractivity contribution in [2.24, 2.45) is 4.99 Å². The van der Waals surface area contributed by atoms with Crippen LogP contribution in [0.15, 0.2) is 29.3 Å². The Balaban J connectivity index is 1.87. The average Bonchev–Trinajstić information content (AvgIpc) is 2.53. The number of hydrogen-bond acceptors (Lipinski definition) is 4. The van der Waals surface area contributed by atoms with Crippen molar-refractivity contribution in [1.29, 1.82) is 0 Å². The summed E-state index contributed by atoms with van der Waals surface area (Å²) in [7, 11) is 0. The van der Waals surface area contributed by atoms with Gasteiger partial charge in [0.2, 0.25) is 5.78 Å². The summed E-state index contributed by atoms with van der Waals surface area (Å²) in [4.78, 5) is 28.2. The van der Waals surface area contributed by atoms with Gasteiger partial charge in [0.25, 0.3) is 0 Å². The molecule has 1 N–H and O–H groups in total. The fourth-order valence-corrected chi connectivity index (χ4v) is 3.77. The fourth-order valence-electron chi connectivity index (χ4n) is 3.48. The molecular formula is C18H20ClNO4. The minimum absolute atomic E-state index is 0.0175. The Hall–Kier alpha value is -1.88. The third kappa shape index (κ3) is 3.18. The van der Waals surface area contributed by atoms with Gasteiger partial charge in [-0.25, -0.2) is 4.99 Å². The lowest BCUT2D eigenvalue weighted by atomic mass is 9.74. The minimum atomic E-state index is -0.943. The minimum Gasteiger partial charge on any atom is -0.481 e. The molecule has 3 rings (SSSR count). The maximum Gasteiger partial charge on any atom is 0.303 e. The summed E-state index contributed by atoms with van der Waals surface area (Å²) in [6.07, 6.45) is 3.63. The van der Waals surface area contributed by atoms with Crippen LogP contribution < -0.4 is 0 Å². The van der Waals surface area contributed by atoms with Gasteiger partial charge in [-0.05, 0) is 38.2 Å². The first-order valence-corrected chi connectivity index (χ1v) is 8.67. The van der Waals surface area contributed by atoms with Crippen LogP contribution >= 0.6 is 11.6 Å². The molecule has 0 unspecified atom stereocenters. The zero-order chi connectivity index (χ0) is 17.2. The summed E-state index contributed by atoms with van der Waals surface area (Å²) in [5.74, 6) is -0.276. The van der Waals surface area contributed by atoms with Gasteiger partial charge in [0.15, 0.2) is 17.5 Å². The average molecular weight is 350 g/mol. The summed E-state index contributed by atoms with van der Waals surface area (Å²) < 4.78 is 5.77. The number of aliphatic carboxylic acids is 1. The van der Waals surface area contributed by atoms with Crippen LogP contribution in [0.25, 0.3) is 0 Å². The molecule has 1 fully saturated rings. The van der Waals surface area contributed by atoms with Crippen LogP contribution in [0, 0.1) is 0 Å². The number of nitrogens with zero attached hydrogens (tertiary/aromatic N) is 1. The summed E-state index contributed by atoms with van der Waals surface area (Å²) in [5, 5.41) is 9.26. The van der Waals surface area contributed by atoms with E-state index >= 15 is 0 Å². The molecule has 0 radical (unpaired) electrons. The smallest absolute Gasteiger partial charge is 0.303 e. The Morgan fingerprint density at radius 1 is 1.38 bits per heavy atom. The first-order chi connectivity index (χ1) is 11.5. The number of unbranched alkanes of at least 4 members (excludes halogenated alkanes) is 1. The zero-order valence-electron chi connectivity index (χ0n) is 13.3. The molecule has 1 aromatic carbocycles. The number of ether oxygens (including phenoxy) is 1. The van der Waals surface area contributed by atoms with Crippen molar-refractivity contribution in [3.8, 4) is 0 Å². The molecule has 1 aromatic rings. The molecule has 128 valence electrons. The van der Waals surface area contributed by atoms with E-state index in [0.29, 0.717) is 43.0 Å². The Morgan fingerprint density at radius 2 is 2.17 bits per heavy atom. The topological polar surface area (TPSA) is 76.0 Å². The molecule has 6 heteroatoms. The Bertz CT molecular complexity index is 687. The van der Waals surface area contributed by atoms with Crippen LogP contribution in [0.4, 0.5) is 0 Å². The molecule has 1 saturated carbocycles.